The van der Waals surface area contributed by atoms with Crippen LogP contribution < -0.4 is 10.3 Å². The molecular weight excluding hydrogens is 302 g/mol. The molecule has 3 aromatic rings. The number of benzene rings is 1. The second-order valence-corrected chi connectivity index (χ2v) is 4.16. The summed E-state index contributed by atoms with van der Waals surface area (Å²) in [5.41, 5.74) is -0.774. The van der Waals surface area contributed by atoms with Crippen LogP contribution in [0.2, 0.25) is 0 Å². The first-order chi connectivity index (χ1) is 10.4. The van der Waals surface area contributed by atoms with Crippen LogP contribution in [0.1, 0.15) is 0 Å². The molecule has 0 aliphatic heterocycles. The third-order valence-electron chi connectivity index (χ3n) is 2.72. The van der Waals surface area contributed by atoms with Crippen molar-refractivity contribution in [1.29, 1.82) is 0 Å². The molecule has 0 bridgehead atoms. The molecule has 3 rings (SSSR count). The van der Waals surface area contributed by atoms with E-state index >= 15 is 0 Å². The number of aromatic amines is 1. The van der Waals surface area contributed by atoms with E-state index in [1.807, 2.05) is 0 Å². The minimum Gasteiger partial charge on any atom is -0.449 e. The average molecular weight is 308 g/mol. The summed E-state index contributed by atoms with van der Waals surface area (Å²) in [4.78, 5) is 28.5. The number of rotatable bonds is 2. The van der Waals surface area contributed by atoms with Crippen molar-refractivity contribution in [2.75, 3.05) is 0 Å². The minimum absolute atomic E-state index is 0.0751. The van der Waals surface area contributed by atoms with Gasteiger partial charge < -0.3 is 9.84 Å². The summed E-state index contributed by atoms with van der Waals surface area (Å²) < 4.78 is 31.8. The predicted octanol–water partition coefficient (Wildman–Crippen LogP) is 1.44. The van der Waals surface area contributed by atoms with E-state index in [0.717, 1.165) is 29.2 Å². The van der Waals surface area contributed by atoms with E-state index in [4.69, 9.17) is 5.11 Å². The van der Waals surface area contributed by atoms with Gasteiger partial charge in [0.25, 0.3) is 5.56 Å². The number of hydrogen-bond acceptors (Lipinski definition) is 5. The number of fused-ring (bicyclic) bond motifs is 1. The number of nitrogens with zero attached hydrogens (tertiary/aromatic N) is 3. The van der Waals surface area contributed by atoms with Gasteiger partial charge in [-0.2, -0.15) is 5.10 Å². The summed E-state index contributed by atoms with van der Waals surface area (Å²) in [5.74, 6) is -2.51. The Labute approximate surface area is 119 Å². The molecule has 8 nitrogen and oxygen atoms in total. The summed E-state index contributed by atoms with van der Waals surface area (Å²) in [6, 6.07) is 1.52. The Morgan fingerprint density at radius 3 is 2.77 bits per heavy atom. The molecule has 2 aromatic heterocycles. The van der Waals surface area contributed by atoms with Crippen LogP contribution >= 0.6 is 0 Å². The molecule has 0 spiro atoms. The second-order valence-electron chi connectivity index (χ2n) is 4.16. The largest absolute Gasteiger partial charge is 0.511 e. The fourth-order valence-corrected chi connectivity index (χ4v) is 1.81. The normalized spacial score (nSPS) is 10.8. The molecule has 0 unspecified atom stereocenters. The number of hydrogen-bond donors (Lipinski definition) is 2. The predicted molar refractivity (Wildman–Crippen MR) is 68.1 cm³/mol. The highest BCUT2D eigenvalue weighted by Crippen LogP contribution is 2.15. The Morgan fingerprint density at radius 2 is 2.05 bits per heavy atom. The zero-order valence-electron chi connectivity index (χ0n) is 10.6. The van der Waals surface area contributed by atoms with E-state index in [0.29, 0.717) is 0 Å². The lowest BCUT2D eigenvalue weighted by Gasteiger charge is -2.03. The van der Waals surface area contributed by atoms with Crippen molar-refractivity contribution in [3.8, 4) is 11.7 Å². The number of carboxylic acid groups (broad SMARTS) is 1. The third kappa shape index (κ3) is 2.37. The number of carbonyl (C=O) groups is 1. The molecule has 10 heteroatoms. The van der Waals surface area contributed by atoms with Crippen LogP contribution in [-0.4, -0.2) is 31.0 Å². The van der Waals surface area contributed by atoms with Gasteiger partial charge in [-0.1, -0.05) is 0 Å². The number of aromatic nitrogens is 4. The van der Waals surface area contributed by atoms with Gasteiger partial charge in [-0.25, -0.2) is 23.2 Å². The topological polar surface area (TPSA) is 110 Å². The SMILES string of the molecule is O=C(O)Oc1cnn(-c2nc3cc(F)c(F)cc3c(=O)[nH]2)c1. The van der Waals surface area contributed by atoms with Gasteiger partial charge >= 0.3 is 6.16 Å². The van der Waals surface area contributed by atoms with E-state index in [2.05, 4.69) is 19.8 Å². The zero-order chi connectivity index (χ0) is 15.9. The van der Waals surface area contributed by atoms with Gasteiger partial charge in [0.1, 0.15) is 0 Å². The van der Waals surface area contributed by atoms with E-state index < -0.39 is 23.3 Å². The third-order valence-corrected chi connectivity index (χ3v) is 2.72. The maximum absolute atomic E-state index is 13.2. The number of nitrogens with one attached hydrogen (secondary N) is 1. The molecule has 0 aliphatic carbocycles. The standard InChI is InChI=1S/C12H6F2N4O4/c13-7-1-6-9(2-8(7)14)16-11(17-10(6)19)18-4-5(3-15-18)22-12(20)21/h1-4H,(H,20,21)(H,16,17,19). The van der Waals surface area contributed by atoms with Crippen molar-refractivity contribution in [1.82, 2.24) is 19.7 Å². The first-order valence-corrected chi connectivity index (χ1v) is 5.79. The Morgan fingerprint density at radius 1 is 1.32 bits per heavy atom. The van der Waals surface area contributed by atoms with E-state index in [-0.39, 0.29) is 22.6 Å². The second kappa shape index (κ2) is 4.91. The van der Waals surface area contributed by atoms with Crippen molar-refractivity contribution >= 4 is 17.1 Å². The van der Waals surface area contributed by atoms with Crippen LogP contribution in [0.3, 0.4) is 0 Å². The van der Waals surface area contributed by atoms with Crippen molar-refractivity contribution in [3.05, 3.63) is 46.5 Å². The molecule has 0 radical (unpaired) electrons. The van der Waals surface area contributed by atoms with Gasteiger partial charge in [-0.3, -0.25) is 9.78 Å². The molecule has 2 N–H and O–H groups in total. The van der Waals surface area contributed by atoms with Gasteiger partial charge in [0.05, 0.1) is 23.3 Å². The molecule has 1 aromatic carbocycles. The molecule has 22 heavy (non-hydrogen) atoms. The van der Waals surface area contributed by atoms with Crippen LogP contribution in [0.15, 0.2) is 29.3 Å². The van der Waals surface area contributed by atoms with Crippen LogP contribution in [0, 0.1) is 11.6 Å². The van der Waals surface area contributed by atoms with Crippen molar-refractivity contribution in [2.24, 2.45) is 0 Å². The van der Waals surface area contributed by atoms with Gasteiger partial charge in [-0.15, -0.1) is 0 Å². The maximum atomic E-state index is 13.2. The number of H-pyrrole nitrogens is 1. The molecular formula is C12H6F2N4O4. The fraction of sp³-hybridized carbons (Fsp3) is 0. The molecule has 0 fully saturated rings. The smallest absolute Gasteiger partial charge is 0.449 e. The Bertz CT molecular complexity index is 950. The molecule has 2 heterocycles. The highest BCUT2D eigenvalue weighted by Gasteiger charge is 2.12. The Hall–Kier alpha value is -3.30. The van der Waals surface area contributed by atoms with Crippen molar-refractivity contribution in [2.45, 2.75) is 0 Å². The van der Waals surface area contributed by atoms with E-state index in [1.54, 1.807) is 0 Å². The van der Waals surface area contributed by atoms with Crippen molar-refractivity contribution < 1.29 is 23.4 Å². The summed E-state index contributed by atoms with van der Waals surface area (Å²) in [6.45, 7) is 0. The highest BCUT2D eigenvalue weighted by molar-refractivity contribution is 5.78. The molecule has 0 aliphatic rings. The summed E-state index contributed by atoms with van der Waals surface area (Å²) in [5, 5.41) is 12.1. The molecule has 0 atom stereocenters. The van der Waals surface area contributed by atoms with Crippen LogP contribution in [0.4, 0.5) is 13.6 Å². The molecule has 112 valence electrons. The van der Waals surface area contributed by atoms with E-state index in [1.165, 1.54) is 0 Å². The van der Waals surface area contributed by atoms with Gasteiger partial charge in [0.2, 0.25) is 5.95 Å². The fourth-order valence-electron chi connectivity index (χ4n) is 1.81. The minimum atomic E-state index is -1.53. The van der Waals surface area contributed by atoms with Crippen LogP contribution in [-0.2, 0) is 0 Å². The molecule has 0 amide bonds. The van der Waals surface area contributed by atoms with Crippen LogP contribution in [0.5, 0.6) is 5.75 Å². The average Bonchev–Trinajstić information content (AvgIpc) is 2.88. The lowest BCUT2D eigenvalue weighted by Crippen LogP contribution is -2.14. The Kier molecular flexibility index (Phi) is 3.05. The molecule has 0 saturated carbocycles. The monoisotopic (exact) mass is 308 g/mol. The summed E-state index contributed by atoms with van der Waals surface area (Å²) in [7, 11) is 0. The quantitative estimate of drug-likeness (QED) is 0.693. The van der Waals surface area contributed by atoms with E-state index in [9.17, 15) is 18.4 Å². The lowest BCUT2D eigenvalue weighted by atomic mass is 10.2. The number of ether oxygens (including phenoxy) is 1. The van der Waals surface area contributed by atoms with Crippen molar-refractivity contribution in [3.63, 3.8) is 0 Å². The lowest BCUT2D eigenvalue weighted by molar-refractivity contribution is 0.144. The van der Waals surface area contributed by atoms with Gasteiger partial charge in [0.15, 0.2) is 17.4 Å². The first kappa shape index (κ1) is 13.7. The van der Waals surface area contributed by atoms with Crippen LogP contribution in [0.25, 0.3) is 16.9 Å². The highest BCUT2D eigenvalue weighted by atomic mass is 19.2. The zero-order valence-corrected chi connectivity index (χ0v) is 10.6. The Balaban J connectivity index is 2.12. The maximum Gasteiger partial charge on any atom is 0.511 e. The van der Waals surface area contributed by atoms with Gasteiger partial charge in [0, 0.05) is 6.07 Å². The van der Waals surface area contributed by atoms with Gasteiger partial charge in [-0.05, 0) is 6.07 Å². The first-order valence-electron chi connectivity index (χ1n) is 5.79. The molecule has 0 saturated heterocycles. The summed E-state index contributed by atoms with van der Waals surface area (Å²) in [6.07, 6.45) is 0.707. The number of halogens is 2. The summed E-state index contributed by atoms with van der Waals surface area (Å²) >= 11 is 0.